The number of hydrogen-bond donors (Lipinski definition) is 2. The Hall–Kier alpha value is -1.33. The van der Waals surface area contributed by atoms with Gasteiger partial charge in [0.2, 0.25) is 5.95 Å². The number of para-hydroxylation sites is 1. The molecule has 1 aromatic heterocycles. The highest BCUT2D eigenvalue weighted by molar-refractivity contribution is 8.00. The SMILES string of the molecule is CC1CCCC(Sc2nc(NN)nc3ccccc23)C1. The van der Waals surface area contributed by atoms with Crippen LogP contribution in [0.3, 0.4) is 0 Å². The monoisotopic (exact) mass is 288 g/mol. The molecule has 1 aromatic carbocycles. The molecule has 1 aliphatic carbocycles. The summed E-state index contributed by atoms with van der Waals surface area (Å²) in [6.07, 6.45) is 5.23. The van der Waals surface area contributed by atoms with Gasteiger partial charge in [0.05, 0.1) is 5.52 Å². The predicted molar refractivity (Wildman–Crippen MR) is 84.6 cm³/mol. The molecule has 4 nitrogen and oxygen atoms in total. The van der Waals surface area contributed by atoms with Crippen LogP contribution in [0.4, 0.5) is 5.95 Å². The van der Waals surface area contributed by atoms with Crippen molar-refractivity contribution in [3.63, 3.8) is 0 Å². The molecule has 0 spiro atoms. The Labute approximate surface area is 123 Å². The molecule has 3 rings (SSSR count). The minimum atomic E-state index is 0.495. The van der Waals surface area contributed by atoms with E-state index in [-0.39, 0.29) is 0 Å². The van der Waals surface area contributed by atoms with Gasteiger partial charge in [0.25, 0.3) is 0 Å². The molecule has 0 aliphatic heterocycles. The predicted octanol–water partition coefficient (Wildman–Crippen LogP) is 3.59. The van der Waals surface area contributed by atoms with Crippen molar-refractivity contribution in [2.75, 3.05) is 5.43 Å². The van der Waals surface area contributed by atoms with E-state index in [1.165, 1.54) is 25.7 Å². The molecule has 0 bridgehead atoms. The minimum absolute atomic E-state index is 0.495. The number of nitrogen functional groups attached to an aromatic ring is 1. The van der Waals surface area contributed by atoms with Gasteiger partial charge in [-0.05, 0) is 24.8 Å². The topological polar surface area (TPSA) is 63.8 Å². The second-order valence-electron chi connectivity index (χ2n) is 5.53. The number of hydrazine groups is 1. The summed E-state index contributed by atoms with van der Waals surface area (Å²) in [5, 5.41) is 2.82. The van der Waals surface area contributed by atoms with Gasteiger partial charge in [0, 0.05) is 10.6 Å². The van der Waals surface area contributed by atoms with E-state index in [2.05, 4.69) is 28.4 Å². The second kappa shape index (κ2) is 5.97. The van der Waals surface area contributed by atoms with Crippen molar-refractivity contribution >= 4 is 28.6 Å². The van der Waals surface area contributed by atoms with Crippen LogP contribution in [0.5, 0.6) is 0 Å². The van der Waals surface area contributed by atoms with Crippen LogP contribution in [-0.4, -0.2) is 15.2 Å². The number of fused-ring (bicyclic) bond motifs is 1. The van der Waals surface area contributed by atoms with E-state index in [9.17, 15) is 0 Å². The number of anilines is 1. The summed E-state index contributed by atoms with van der Waals surface area (Å²) in [6, 6.07) is 8.12. The summed E-state index contributed by atoms with van der Waals surface area (Å²) in [5.74, 6) is 6.80. The molecule has 5 heteroatoms. The summed E-state index contributed by atoms with van der Waals surface area (Å²) in [4.78, 5) is 8.96. The van der Waals surface area contributed by atoms with Crippen molar-refractivity contribution in [1.82, 2.24) is 9.97 Å². The third kappa shape index (κ3) is 2.88. The van der Waals surface area contributed by atoms with Crippen LogP contribution in [0.15, 0.2) is 29.3 Å². The van der Waals surface area contributed by atoms with E-state index >= 15 is 0 Å². The van der Waals surface area contributed by atoms with E-state index in [1.807, 2.05) is 30.0 Å². The first-order chi connectivity index (χ1) is 9.76. The van der Waals surface area contributed by atoms with Gasteiger partial charge < -0.3 is 0 Å². The number of nitrogens with two attached hydrogens (primary N) is 1. The van der Waals surface area contributed by atoms with Crippen molar-refractivity contribution in [2.45, 2.75) is 42.9 Å². The van der Waals surface area contributed by atoms with E-state index in [0.29, 0.717) is 11.2 Å². The zero-order chi connectivity index (χ0) is 13.9. The summed E-state index contributed by atoms with van der Waals surface area (Å²) < 4.78 is 0. The molecule has 20 heavy (non-hydrogen) atoms. The Balaban J connectivity index is 1.93. The van der Waals surface area contributed by atoms with Crippen LogP contribution in [-0.2, 0) is 0 Å². The van der Waals surface area contributed by atoms with E-state index < -0.39 is 0 Å². The highest BCUT2D eigenvalue weighted by Crippen LogP contribution is 2.37. The van der Waals surface area contributed by atoms with Crippen molar-refractivity contribution in [3.05, 3.63) is 24.3 Å². The summed E-state index contributed by atoms with van der Waals surface area (Å²) in [7, 11) is 0. The van der Waals surface area contributed by atoms with E-state index in [0.717, 1.165) is 21.8 Å². The molecular weight excluding hydrogens is 268 g/mol. The standard InChI is InChI=1S/C15H20N4S/c1-10-5-4-6-11(9-10)20-14-12-7-2-3-8-13(12)17-15(18-14)19-16/h2-3,7-8,10-11H,4-6,9,16H2,1H3,(H,17,18,19). The third-order valence-electron chi connectivity index (χ3n) is 3.86. The lowest BCUT2D eigenvalue weighted by Gasteiger charge is -2.26. The molecule has 3 N–H and O–H groups in total. The number of rotatable bonds is 3. The number of thioether (sulfide) groups is 1. The Kier molecular flexibility index (Phi) is 4.08. The molecule has 2 atom stereocenters. The molecule has 1 fully saturated rings. The molecule has 1 aliphatic rings. The molecular formula is C15H20N4S. The quantitative estimate of drug-likeness (QED) is 0.513. The lowest BCUT2D eigenvalue weighted by atomic mass is 9.91. The first kappa shape index (κ1) is 13.6. The molecule has 2 aromatic rings. The van der Waals surface area contributed by atoms with Gasteiger partial charge in [-0.15, -0.1) is 11.8 Å². The number of hydrogen-bond acceptors (Lipinski definition) is 5. The fourth-order valence-corrected chi connectivity index (χ4v) is 4.31. The fraction of sp³-hybridized carbons (Fsp3) is 0.467. The first-order valence-electron chi connectivity index (χ1n) is 7.16. The van der Waals surface area contributed by atoms with Gasteiger partial charge in [0.15, 0.2) is 0 Å². The van der Waals surface area contributed by atoms with Crippen LogP contribution < -0.4 is 11.3 Å². The maximum atomic E-state index is 5.48. The van der Waals surface area contributed by atoms with Crippen LogP contribution in [0, 0.1) is 5.92 Å². The normalized spacial score (nSPS) is 22.9. The lowest BCUT2D eigenvalue weighted by Crippen LogP contribution is -2.16. The average molecular weight is 288 g/mol. The molecule has 2 unspecified atom stereocenters. The molecule has 106 valence electrons. The van der Waals surface area contributed by atoms with Crippen molar-refractivity contribution < 1.29 is 0 Å². The zero-order valence-electron chi connectivity index (χ0n) is 11.7. The molecule has 0 saturated heterocycles. The Morgan fingerprint density at radius 2 is 2.10 bits per heavy atom. The average Bonchev–Trinajstić information content (AvgIpc) is 2.47. The largest absolute Gasteiger partial charge is 0.292 e. The van der Waals surface area contributed by atoms with Crippen LogP contribution in [0.25, 0.3) is 10.9 Å². The van der Waals surface area contributed by atoms with Gasteiger partial charge >= 0.3 is 0 Å². The van der Waals surface area contributed by atoms with E-state index in [1.54, 1.807) is 0 Å². The lowest BCUT2D eigenvalue weighted by molar-refractivity contribution is 0.394. The first-order valence-corrected chi connectivity index (χ1v) is 8.04. The Morgan fingerprint density at radius 1 is 1.25 bits per heavy atom. The number of benzene rings is 1. The van der Waals surface area contributed by atoms with Crippen molar-refractivity contribution in [1.29, 1.82) is 0 Å². The number of nitrogens with one attached hydrogen (secondary N) is 1. The molecule has 1 heterocycles. The zero-order valence-corrected chi connectivity index (χ0v) is 12.5. The smallest absolute Gasteiger partial charge is 0.238 e. The highest BCUT2D eigenvalue weighted by atomic mass is 32.2. The van der Waals surface area contributed by atoms with Gasteiger partial charge in [-0.1, -0.05) is 38.0 Å². The van der Waals surface area contributed by atoms with Crippen LogP contribution in [0.1, 0.15) is 32.6 Å². The summed E-state index contributed by atoms with van der Waals surface area (Å²) in [5.41, 5.74) is 3.52. The van der Waals surface area contributed by atoms with Crippen LogP contribution in [0.2, 0.25) is 0 Å². The number of aromatic nitrogens is 2. The Bertz CT molecular complexity index is 601. The minimum Gasteiger partial charge on any atom is -0.292 e. The van der Waals surface area contributed by atoms with Crippen molar-refractivity contribution in [3.8, 4) is 0 Å². The third-order valence-corrected chi connectivity index (χ3v) is 5.16. The summed E-state index contributed by atoms with van der Waals surface area (Å²) >= 11 is 1.88. The van der Waals surface area contributed by atoms with Gasteiger partial charge in [-0.2, -0.15) is 0 Å². The van der Waals surface area contributed by atoms with E-state index in [4.69, 9.17) is 5.84 Å². The molecule has 0 amide bonds. The number of nitrogens with zero attached hydrogens (tertiary/aromatic N) is 2. The van der Waals surface area contributed by atoms with Gasteiger partial charge in [-0.3, -0.25) is 5.43 Å². The van der Waals surface area contributed by atoms with Crippen LogP contribution >= 0.6 is 11.8 Å². The van der Waals surface area contributed by atoms with Gasteiger partial charge in [0.1, 0.15) is 5.03 Å². The van der Waals surface area contributed by atoms with Gasteiger partial charge in [-0.25, -0.2) is 15.8 Å². The molecule has 0 radical (unpaired) electrons. The van der Waals surface area contributed by atoms with Crippen molar-refractivity contribution in [2.24, 2.45) is 11.8 Å². The second-order valence-corrected chi connectivity index (χ2v) is 6.81. The maximum Gasteiger partial charge on any atom is 0.238 e. The molecule has 1 saturated carbocycles. The highest BCUT2D eigenvalue weighted by Gasteiger charge is 2.21. The maximum absolute atomic E-state index is 5.48. The fourth-order valence-electron chi connectivity index (χ4n) is 2.85. The Morgan fingerprint density at radius 3 is 2.90 bits per heavy atom. The summed E-state index contributed by atoms with van der Waals surface area (Å²) in [6.45, 7) is 2.34.